The monoisotopic (exact) mass is 338 g/mol. The number of hydrogen-bond acceptors (Lipinski definition) is 2. The van der Waals surface area contributed by atoms with Gasteiger partial charge in [-0.3, -0.25) is 4.79 Å². The molecule has 0 unspecified atom stereocenters. The van der Waals surface area contributed by atoms with E-state index < -0.39 is 0 Å². The number of benzene rings is 4. The predicted molar refractivity (Wildman–Crippen MR) is 103 cm³/mol. The molecule has 0 bridgehead atoms. The summed E-state index contributed by atoms with van der Waals surface area (Å²) < 4.78 is 0. The molecule has 0 radical (unpaired) electrons. The van der Waals surface area contributed by atoms with Gasteiger partial charge in [-0.1, -0.05) is 78.5 Å². The lowest BCUT2D eigenvalue weighted by Crippen LogP contribution is -2.10. The number of rotatable bonds is 2. The summed E-state index contributed by atoms with van der Waals surface area (Å²) in [6, 6.07) is 28.6. The van der Waals surface area contributed by atoms with Crippen LogP contribution in [0, 0.1) is 0 Å². The molecule has 118 valence electrons. The van der Waals surface area contributed by atoms with Gasteiger partial charge in [0.05, 0.1) is 0 Å². The van der Waals surface area contributed by atoms with Gasteiger partial charge in [0.15, 0.2) is 5.78 Å². The molecular weight excluding hydrogens is 324 g/mol. The summed E-state index contributed by atoms with van der Waals surface area (Å²) in [6.45, 7) is 0. The third kappa shape index (κ3) is 2.22. The highest BCUT2D eigenvalue weighted by Gasteiger charge is 2.26. The number of hydrogen-bond donors (Lipinski definition) is 0. The van der Waals surface area contributed by atoms with Crippen molar-refractivity contribution in [3.8, 4) is 11.1 Å². The Hall–Kier alpha value is -2.84. The molecule has 4 aromatic carbocycles. The van der Waals surface area contributed by atoms with Crippen molar-refractivity contribution in [1.82, 2.24) is 0 Å². The maximum absolute atomic E-state index is 13.0. The van der Waals surface area contributed by atoms with E-state index in [2.05, 4.69) is 48.5 Å². The Bertz CT molecular complexity index is 1130. The molecule has 0 spiro atoms. The highest BCUT2D eigenvalue weighted by Crippen LogP contribution is 2.46. The van der Waals surface area contributed by atoms with Gasteiger partial charge < -0.3 is 0 Å². The van der Waals surface area contributed by atoms with Crippen LogP contribution in [0.4, 0.5) is 0 Å². The fourth-order valence-corrected chi connectivity index (χ4v) is 4.56. The van der Waals surface area contributed by atoms with Gasteiger partial charge in [-0.25, -0.2) is 0 Å². The van der Waals surface area contributed by atoms with Gasteiger partial charge in [0, 0.05) is 31.9 Å². The third-order valence-electron chi connectivity index (χ3n) is 4.66. The molecule has 0 saturated heterocycles. The van der Waals surface area contributed by atoms with E-state index in [9.17, 15) is 4.79 Å². The average Bonchev–Trinajstić information content (AvgIpc) is 2.67. The minimum atomic E-state index is 0.121. The lowest BCUT2D eigenvalue weighted by atomic mass is 9.83. The van der Waals surface area contributed by atoms with Gasteiger partial charge in [0.1, 0.15) is 0 Å². The Morgan fingerprint density at radius 2 is 1.32 bits per heavy atom. The summed E-state index contributed by atoms with van der Waals surface area (Å²) in [5.74, 6) is 0.121. The first-order valence-corrected chi connectivity index (χ1v) is 9.07. The lowest BCUT2D eigenvalue weighted by molar-refractivity contribution is 0.104. The van der Waals surface area contributed by atoms with Crippen molar-refractivity contribution in [3.05, 3.63) is 96.1 Å². The summed E-state index contributed by atoms with van der Waals surface area (Å²) >= 11 is 1.75. The third-order valence-corrected chi connectivity index (χ3v) is 5.73. The van der Waals surface area contributed by atoms with Crippen LogP contribution in [0.5, 0.6) is 0 Å². The van der Waals surface area contributed by atoms with Crippen molar-refractivity contribution >= 4 is 28.3 Å². The summed E-state index contributed by atoms with van der Waals surface area (Å²) in [7, 11) is 0. The Kier molecular flexibility index (Phi) is 3.25. The van der Waals surface area contributed by atoms with Crippen molar-refractivity contribution in [2.75, 3.05) is 0 Å². The van der Waals surface area contributed by atoms with E-state index in [4.69, 9.17) is 0 Å². The highest BCUT2D eigenvalue weighted by atomic mass is 32.2. The first-order chi connectivity index (χ1) is 12.3. The molecule has 25 heavy (non-hydrogen) atoms. The molecule has 0 fully saturated rings. The zero-order valence-electron chi connectivity index (χ0n) is 13.4. The fraction of sp³-hybridized carbons (Fsp3) is 0. The molecule has 0 atom stereocenters. The van der Waals surface area contributed by atoms with Crippen LogP contribution >= 0.6 is 11.8 Å². The topological polar surface area (TPSA) is 17.1 Å². The Labute approximate surface area is 150 Å². The van der Waals surface area contributed by atoms with E-state index in [0.717, 1.165) is 27.5 Å². The highest BCUT2D eigenvalue weighted by molar-refractivity contribution is 7.99. The van der Waals surface area contributed by atoms with E-state index in [1.807, 2.05) is 36.4 Å². The summed E-state index contributed by atoms with van der Waals surface area (Å²) in [4.78, 5) is 15.3. The van der Waals surface area contributed by atoms with Crippen LogP contribution in [0.3, 0.4) is 0 Å². The summed E-state index contributed by atoms with van der Waals surface area (Å²) in [5.41, 5.74) is 3.82. The standard InChI is InChI=1S/C23H14OS/c24-23-18-11-5-4-10-17(18)22-20(25-16-8-2-1-3-9-16)14-13-15-7-6-12-19(23)21(15)22/h1-14H. The SMILES string of the molecule is O=C1c2ccccc2-c2c(Sc3ccccc3)ccc3cccc1c23. The molecule has 4 aromatic rings. The minimum absolute atomic E-state index is 0.121. The molecule has 0 saturated carbocycles. The van der Waals surface area contributed by atoms with E-state index >= 15 is 0 Å². The quantitative estimate of drug-likeness (QED) is 0.381. The number of carbonyl (C=O) groups is 1. The van der Waals surface area contributed by atoms with Gasteiger partial charge in [0.2, 0.25) is 0 Å². The van der Waals surface area contributed by atoms with Crippen molar-refractivity contribution in [3.63, 3.8) is 0 Å². The fourth-order valence-electron chi connectivity index (χ4n) is 3.56. The van der Waals surface area contributed by atoms with Crippen molar-refractivity contribution in [2.24, 2.45) is 0 Å². The largest absolute Gasteiger partial charge is 0.289 e. The van der Waals surface area contributed by atoms with E-state index in [-0.39, 0.29) is 5.78 Å². The van der Waals surface area contributed by atoms with Crippen LogP contribution in [0.15, 0.2) is 94.7 Å². The zero-order valence-corrected chi connectivity index (χ0v) is 14.2. The molecular formula is C23H14OS. The second-order valence-electron chi connectivity index (χ2n) is 6.13. The Balaban J connectivity index is 1.85. The second-order valence-corrected chi connectivity index (χ2v) is 7.25. The molecule has 0 aromatic heterocycles. The normalized spacial score (nSPS) is 12.2. The Morgan fingerprint density at radius 3 is 2.16 bits per heavy atom. The first-order valence-electron chi connectivity index (χ1n) is 8.26. The van der Waals surface area contributed by atoms with Crippen LogP contribution < -0.4 is 0 Å². The second kappa shape index (κ2) is 5.61. The number of fused-ring (bicyclic) bond motifs is 2. The van der Waals surface area contributed by atoms with E-state index in [1.54, 1.807) is 11.8 Å². The average molecular weight is 338 g/mol. The first kappa shape index (κ1) is 14.5. The maximum atomic E-state index is 13.0. The molecule has 0 N–H and O–H groups in total. The smallest absolute Gasteiger partial charge is 0.194 e. The lowest BCUT2D eigenvalue weighted by Gasteiger charge is -2.22. The van der Waals surface area contributed by atoms with Crippen molar-refractivity contribution in [2.45, 2.75) is 9.79 Å². The van der Waals surface area contributed by atoms with Crippen LogP contribution in [0.2, 0.25) is 0 Å². The molecule has 1 aliphatic rings. The Morgan fingerprint density at radius 1 is 0.600 bits per heavy atom. The van der Waals surface area contributed by atoms with Crippen molar-refractivity contribution in [1.29, 1.82) is 0 Å². The maximum Gasteiger partial charge on any atom is 0.194 e. The molecule has 0 aliphatic heterocycles. The van der Waals surface area contributed by atoms with Crippen LogP contribution in [-0.4, -0.2) is 5.78 Å². The van der Waals surface area contributed by atoms with Gasteiger partial charge in [-0.05, 0) is 29.1 Å². The van der Waals surface area contributed by atoms with Crippen LogP contribution in [0.25, 0.3) is 21.9 Å². The van der Waals surface area contributed by atoms with Gasteiger partial charge >= 0.3 is 0 Å². The van der Waals surface area contributed by atoms with Gasteiger partial charge in [0.25, 0.3) is 0 Å². The van der Waals surface area contributed by atoms with Gasteiger partial charge in [-0.2, -0.15) is 0 Å². The van der Waals surface area contributed by atoms with E-state index in [1.165, 1.54) is 15.4 Å². The zero-order chi connectivity index (χ0) is 16.8. The van der Waals surface area contributed by atoms with Crippen LogP contribution in [0.1, 0.15) is 15.9 Å². The van der Waals surface area contributed by atoms with Crippen molar-refractivity contribution < 1.29 is 4.79 Å². The number of carbonyl (C=O) groups excluding carboxylic acids is 1. The molecule has 0 amide bonds. The minimum Gasteiger partial charge on any atom is -0.289 e. The molecule has 1 aliphatic carbocycles. The van der Waals surface area contributed by atoms with E-state index in [0.29, 0.717) is 0 Å². The number of ketones is 1. The summed E-state index contributed by atoms with van der Waals surface area (Å²) in [6.07, 6.45) is 0. The summed E-state index contributed by atoms with van der Waals surface area (Å²) in [5, 5.41) is 2.19. The predicted octanol–water partition coefficient (Wildman–Crippen LogP) is 6.20. The van der Waals surface area contributed by atoms with Crippen LogP contribution in [-0.2, 0) is 0 Å². The van der Waals surface area contributed by atoms with Gasteiger partial charge in [-0.15, -0.1) is 0 Å². The molecule has 2 heteroatoms. The molecule has 0 heterocycles. The molecule has 1 nitrogen and oxygen atoms in total. The molecule has 5 rings (SSSR count).